The third-order valence-electron chi connectivity index (χ3n) is 4.56. The average Bonchev–Trinajstić information content (AvgIpc) is 2.59. The van der Waals surface area contributed by atoms with E-state index in [1.165, 1.54) is 19.1 Å². The number of nitrogens with two attached hydrogens (primary N) is 1. The lowest BCUT2D eigenvalue weighted by Crippen LogP contribution is -2.39. The van der Waals surface area contributed by atoms with Crippen molar-refractivity contribution in [2.24, 2.45) is 5.92 Å². The van der Waals surface area contributed by atoms with Crippen molar-refractivity contribution in [3.8, 4) is 0 Å². The predicted molar refractivity (Wildman–Crippen MR) is 95.2 cm³/mol. The molecule has 1 atom stereocenters. The number of hydrogen-bond donors (Lipinski definition) is 2. The summed E-state index contributed by atoms with van der Waals surface area (Å²) in [5.74, 6) is -0.00342. The summed E-state index contributed by atoms with van der Waals surface area (Å²) < 4.78 is 38.5. The van der Waals surface area contributed by atoms with Gasteiger partial charge < -0.3 is 16.0 Å². The SMILES string of the molecule is CC(=O)NCC1Cc2c(N)cccc2N(c2ccc(C(F)(F)F)cc2)C1. The summed E-state index contributed by atoms with van der Waals surface area (Å²) in [7, 11) is 0. The van der Waals surface area contributed by atoms with Gasteiger partial charge in [0.25, 0.3) is 0 Å². The van der Waals surface area contributed by atoms with Crippen LogP contribution >= 0.6 is 0 Å². The molecule has 138 valence electrons. The van der Waals surface area contributed by atoms with Gasteiger partial charge in [-0.15, -0.1) is 0 Å². The van der Waals surface area contributed by atoms with Crippen molar-refractivity contribution >= 4 is 23.0 Å². The summed E-state index contributed by atoms with van der Waals surface area (Å²) in [5, 5.41) is 2.81. The molecular weight excluding hydrogens is 343 g/mol. The number of nitrogens with zero attached hydrogens (tertiary/aromatic N) is 1. The van der Waals surface area contributed by atoms with Crippen LogP contribution in [-0.4, -0.2) is 19.0 Å². The summed E-state index contributed by atoms with van der Waals surface area (Å²) >= 11 is 0. The molecule has 1 unspecified atom stereocenters. The largest absolute Gasteiger partial charge is 0.416 e. The van der Waals surface area contributed by atoms with E-state index in [1.807, 2.05) is 23.1 Å². The molecule has 1 amide bonds. The summed E-state index contributed by atoms with van der Waals surface area (Å²) in [5.41, 5.74) is 8.59. The molecule has 2 aromatic carbocycles. The Bertz CT molecular complexity index is 803. The molecule has 0 aliphatic carbocycles. The molecule has 2 aromatic rings. The first-order valence-corrected chi connectivity index (χ1v) is 8.32. The van der Waals surface area contributed by atoms with Gasteiger partial charge in [0.2, 0.25) is 5.91 Å². The lowest BCUT2D eigenvalue weighted by Gasteiger charge is -2.37. The van der Waals surface area contributed by atoms with Gasteiger partial charge in [0, 0.05) is 37.1 Å². The van der Waals surface area contributed by atoms with Crippen LogP contribution in [0.25, 0.3) is 0 Å². The third-order valence-corrected chi connectivity index (χ3v) is 4.56. The van der Waals surface area contributed by atoms with Crippen LogP contribution in [0.4, 0.5) is 30.2 Å². The maximum Gasteiger partial charge on any atom is 0.416 e. The first-order chi connectivity index (χ1) is 12.3. The summed E-state index contributed by atoms with van der Waals surface area (Å²) in [6.07, 6.45) is -3.66. The van der Waals surface area contributed by atoms with Crippen LogP contribution in [0.5, 0.6) is 0 Å². The number of rotatable bonds is 3. The van der Waals surface area contributed by atoms with Crippen LogP contribution in [-0.2, 0) is 17.4 Å². The zero-order valence-corrected chi connectivity index (χ0v) is 14.3. The molecule has 7 heteroatoms. The Morgan fingerprint density at radius 1 is 1.23 bits per heavy atom. The third kappa shape index (κ3) is 3.76. The van der Waals surface area contributed by atoms with E-state index in [-0.39, 0.29) is 11.8 Å². The molecule has 0 fully saturated rings. The van der Waals surface area contributed by atoms with Gasteiger partial charge in [-0.2, -0.15) is 13.2 Å². The van der Waals surface area contributed by atoms with E-state index in [9.17, 15) is 18.0 Å². The molecule has 0 aromatic heterocycles. The highest BCUT2D eigenvalue weighted by Crippen LogP contribution is 2.39. The minimum Gasteiger partial charge on any atom is -0.398 e. The lowest BCUT2D eigenvalue weighted by molar-refractivity contribution is -0.137. The number of nitrogens with one attached hydrogen (secondary N) is 1. The van der Waals surface area contributed by atoms with Gasteiger partial charge in [0.05, 0.1) is 5.56 Å². The van der Waals surface area contributed by atoms with Crippen LogP contribution in [0.3, 0.4) is 0 Å². The quantitative estimate of drug-likeness (QED) is 0.817. The molecule has 3 rings (SSSR count). The van der Waals surface area contributed by atoms with E-state index in [0.717, 1.165) is 23.4 Å². The number of fused-ring (bicyclic) bond motifs is 1. The Labute approximate surface area is 149 Å². The highest BCUT2D eigenvalue weighted by Gasteiger charge is 2.31. The fourth-order valence-corrected chi connectivity index (χ4v) is 3.28. The fraction of sp³-hybridized carbons (Fsp3) is 0.316. The smallest absolute Gasteiger partial charge is 0.398 e. The zero-order chi connectivity index (χ0) is 18.9. The van der Waals surface area contributed by atoms with Crippen LogP contribution in [0.15, 0.2) is 42.5 Å². The maximum atomic E-state index is 12.8. The number of nitrogen functional groups attached to an aromatic ring is 1. The van der Waals surface area contributed by atoms with Crippen molar-refractivity contribution in [2.75, 3.05) is 23.7 Å². The van der Waals surface area contributed by atoms with Gasteiger partial charge in [-0.1, -0.05) is 6.07 Å². The Morgan fingerprint density at radius 2 is 1.92 bits per heavy atom. The van der Waals surface area contributed by atoms with E-state index < -0.39 is 11.7 Å². The van der Waals surface area contributed by atoms with E-state index in [2.05, 4.69) is 5.32 Å². The number of alkyl halides is 3. The first-order valence-electron chi connectivity index (χ1n) is 8.32. The number of carbonyl (C=O) groups excluding carboxylic acids is 1. The van der Waals surface area contributed by atoms with Gasteiger partial charge in [-0.05, 0) is 54.3 Å². The van der Waals surface area contributed by atoms with Gasteiger partial charge in [-0.25, -0.2) is 0 Å². The second-order valence-corrected chi connectivity index (χ2v) is 6.51. The minimum absolute atomic E-state index is 0.110. The number of benzene rings is 2. The molecule has 3 N–H and O–H groups in total. The van der Waals surface area contributed by atoms with Crippen LogP contribution in [0.1, 0.15) is 18.1 Å². The van der Waals surface area contributed by atoms with Crippen molar-refractivity contribution in [1.29, 1.82) is 0 Å². The van der Waals surface area contributed by atoms with Gasteiger partial charge in [-0.3, -0.25) is 4.79 Å². The summed E-state index contributed by atoms with van der Waals surface area (Å²) in [6, 6.07) is 10.7. The predicted octanol–water partition coefficient (Wildman–Crippen LogP) is 3.73. The van der Waals surface area contributed by atoms with E-state index in [4.69, 9.17) is 5.73 Å². The molecule has 1 heterocycles. The molecule has 26 heavy (non-hydrogen) atoms. The van der Waals surface area contributed by atoms with E-state index >= 15 is 0 Å². The molecule has 0 saturated heterocycles. The van der Waals surface area contributed by atoms with Gasteiger partial charge in [0.15, 0.2) is 0 Å². The van der Waals surface area contributed by atoms with E-state index in [1.54, 1.807) is 0 Å². The zero-order valence-electron chi connectivity index (χ0n) is 14.3. The molecule has 1 aliphatic heterocycles. The fourth-order valence-electron chi connectivity index (χ4n) is 3.28. The minimum atomic E-state index is -4.36. The second-order valence-electron chi connectivity index (χ2n) is 6.51. The molecule has 0 spiro atoms. The Kier molecular flexibility index (Phi) is 4.80. The van der Waals surface area contributed by atoms with E-state index in [0.29, 0.717) is 30.9 Å². The normalized spacial score (nSPS) is 16.9. The van der Waals surface area contributed by atoms with Crippen LogP contribution in [0.2, 0.25) is 0 Å². The Hall–Kier alpha value is -2.70. The number of carbonyl (C=O) groups is 1. The highest BCUT2D eigenvalue weighted by molar-refractivity contribution is 5.74. The summed E-state index contributed by atoms with van der Waals surface area (Å²) in [6.45, 7) is 2.53. The lowest BCUT2D eigenvalue weighted by atomic mass is 9.90. The molecule has 1 aliphatic rings. The number of anilines is 3. The van der Waals surface area contributed by atoms with Gasteiger partial charge in [0.1, 0.15) is 0 Å². The van der Waals surface area contributed by atoms with Crippen molar-refractivity contribution in [1.82, 2.24) is 5.32 Å². The van der Waals surface area contributed by atoms with Crippen LogP contribution < -0.4 is 16.0 Å². The topological polar surface area (TPSA) is 58.4 Å². The second kappa shape index (κ2) is 6.90. The summed E-state index contributed by atoms with van der Waals surface area (Å²) in [4.78, 5) is 13.2. The maximum absolute atomic E-state index is 12.8. The number of amides is 1. The Morgan fingerprint density at radius 3 is 2.54 bits per heavy atom. The highest BCUT2D eigenvalue weighted by atomic mass is 19.4. The molecule has 0 radical (unpaired) electrons. The van der Waals surface area contributed by atoms with Crippen molar-refractivity contribution in [2.45, 2.75) is 19.5 Å². The standard InChI is InChI=1S/C19H20F3N3O/c1-12(26)24-10-13-9-16-17(23)3-2-4-18(16)25(11-13)15-7-5-14(6-8-15)19(20,21)22/h2-8,13H,9-11,23H2,1H3,(H,24,26). The van der Waals surface area contributed by atoms with Crippen molar-refractivity contribution in [3.63, 3.8) is 0 Å². The number of hydrogen-bond acceptors (Lipinski definition) is 3. The Balaban J connectivity index is 1.94. The first kappa shape index (κ1) is 18.1. The van der Waals surface area contributed by atoms with Crippen LogP contribution in [0, 0.1) is 5.92 Å². The van der Waals surface area contributed by atoms with Crippen molar-refractivity contribution < 1.29 is 18.0 Å². The molecule has 0 bridgehead atoms. The average molecular weight is 363 g/mol. The monoisotopic (exact) mass is 363 g/mol. The molecule has 4 nitrogen and oxygen atoms in total. The van der Waals surface area contributed by atoms with Gasteiger partial charge >= 0.3 is 6.18 Å². The van der Waals surface area contributed by atoms with Crippen molar-refractivity contribution in [3.05, 3.63) is 53.6 Å². The molecule has 0 saturated carbocycles. The molecular formula is C19H20F3N3O. The number of halogens is 3.